The van der Waals surface area contributed by atoms with Crippen LogP contribution in [-0.2, 0) is 19.6 Å². The third-order valence-corrected chi connectivity index (χ3v) is 5.54. The standard InChI is InChI=1S/C25H23F3N6O4/c1-37-19-10-8-16(9-11-19)14-34-23(35)32-22(31-13-17-6-4-12-30-21(17)29)33(24(34)36)15-18-5-2-3-7-20(18)38-25(26,27)28/h2-12H,13-15H2,1H3,(H2,29,30)(H,31,32,35). The summed E-state index contributed by atoms with van der Waals surface area (Å²) in [6, 6.07) is 15.5. The number of ether oxygens (including phenoxy) is 2. The first-order valence-electron chi connectivity index (χ1n) is 11.3. The molecule has 13 heteroatoms. The van der Waals surface area contributed by atoms with Gasteiger partial charge in [-0.05, 0) is 29.8 Å². The molecule has 198 valence electrons. The first-order valence-corrected chi connectivity index (χ1v) is 11.3. The molecule has 0 aliphatic rings. The second kappa shape index (κ2) is 11.1. The summed E-state index contributed by atoms with van der Waals surface area (Å²) in [5, 5.41) is 2.89. The minimum atomic E-state index is -4.94. The van der Waals surface area contributed by atoms with Gasteiger partial charge in [-0.2, -0.15) is 4.98 Å². The van der Waals surface area contributed by atoms with Crippen molar-refractivity contribution in [2.45, 2.75) is 26.0 Å². The molecule has 0 aliphatic heterocycles. The zero-order valence-electron chi connectivity index (χ0n) is 20.1. The Morgan fingerprint density at radius 2 is 1.66 bits per heavy atom. The molecule has 0 radical (unpaired) electrons. The third-order valence-electron chi connectivity index (χ3n) is 5.54. The summed E-state index contributed by atoms with van der Waals surface area (Å²) in [6.45, 7) is -0.439. The summed E-state index contributed by atoms with van der Waals surface area (Å²) in [7, 11) is 1.51. The van der Waals surface area contributed by atoms with E-state index in [-0.39, 0.29) is 37.0 Å². The maximum absolute atomic E-state index is 13.5. The molecule has 0 fully saturated rings. The van der Waals surface area contributed by atoms with E-state index in [1.807, 2.05) is 0 Å². The molecule has 2 aromatic carbocycles. The number of pyridine rings is 1. The maximum Gasteiger partial charge on any atom is 0.573 e. The monoisotopic (exact) mass is 528 g/mol. The Bertz CT molecular complexity index is 1530. The lowest BCUT2D eigenvalue weighted by molar-refractivity contribution is -0.274. The highest BCUT2D eigenvalue weighted by atomic mass is 19.4. The quantitative estimate of drug-likeness (QED) is 0.340. The van der Waals surface area contributed by atoms with E-state index in [1.54, 1.807) is 36.4 Å². The number of hydrogen-bond acceptors (Lipinski definition) is 8. The molecule has 0 saturated carbocycles. The molecule has 0 bridgehead atoms. The van der Waals surface area contributed by atoms with E-state index < -0.39 is 23.5 Å². The number of halogens is 3. The number of nitrogens with zero attached hydrogens (tertiary/aromatic N) is 4. The summed E-state index contributed by atoms with van der Waals surface area (Å²) in [4.78, 5) is 34.4. The molecular weight excluding hydrogens is 505 g/mol. The Hall–Kier alpha value is -4.81. The first-order chi connectivity index (χ1) is 18.1. The molecule has 2 heterocycles. The van der Waals surface area contributed by atoms with E-state index >= 15 is 0 Å². The summed E-state index contributed by atoms with van der Waals surface area (Å²) in [6.07, 6.45) is -3.43. The van der Waals surface area contributed by atoms with Crippen LogP contribution in [0.25, 0.3) is 0 Å². The summed E-state index contributed by atoms with van der Waals surface area (Å²) < 4.78 is 50.2. The van der Waals surface area contributed by atoms with Gasteiger partial charge in [0, 0.05) is 23.9 Å². The van der Waals surface area contributed by atoms with Crippen LogP contribution in [0.1, 0.15) is 16.7 Å². The fourth-order valence-electron chi connectivity index (χ4n) is 3.66. The van der Waals surface area contributed by atoms with Gasteiger partial charge in [-0.3, -0.25) is 4.57 Å². The van der Waals surface area contributed by atoms with E-state index in [0.29, 0.717) is 16.9 Å². The first kappa shape index (κ1) is 26.3. The van der Waals surface area contributed by atoms with Crippen molar-refractivity contribution in [2.75, 3.05) is 18.2 Å². The second-order valence-electron chi connectivity index (χ2n) is 8.08. The van der Waals surface area contributed by atoms with E-state index in [0.717, 1.165) is 15.2 Å². The predicted octanol–water partition coefficient (Wildman–Crippen LogP) is 3.00. The minimum Gasteiger partial charge on any atom is -0.497 e. The normalized spacial score (nSPS) is 11.3. The van der Waals surface area contributed by atoms with Crippen LogP contribution >= 0.6 is 0 Å². The van der Waals surface area contributed by atoms with Crippen molar-refractivity contribution in [1.82, 2.24) is 19.1 Å². The number of aromatic nitrogens is 4. The number of anilines is 2. The van der Waals surface area contributed by atoms with Gasteiger partial charge < -0.3 is 20.5 Å². The molecule has 2 aromatic heterocycles. The fraction of sp³-hybridized carbons (Fsp3) is 0.200. The Kier molecular flexibility index (Phi) is 7.65. The van der Waals surface area contributed by atoms with Gasteiger partial charge in [0.2, 0.25) is 5.95 Å². The maximum atomic E-state index is 13.5. The lowest BCUT2D eigenvalue weighted by Gasteiger charge is -2.18. The van der Waals surface area contributed by atoms with E-state index in [1.165, 1.54) is 31.5 Å². The number of methoxy groups -OCH3 is 1. The van der Waals surface area contributed by atoms with Crippen molar-refractivity contribution in [3.05, 3.63) is 105 Å². The van der Waals surface area contributed by atoms with Gasteiger partial charge in [0.05, 0.1) is 20.2 Å². The average molecular weight is 528 g/mol. The molecule has 0 unspecified atom stereocenters. The Morgan fingerprint density at radius 1 is 0.947 bits per heavy atom. The summed E-state index contributed by atoms with van der Waals surface area (Å²) in [5.41, 5.74) is 5.47. The Labute approximate surface area is 214 Å². The van der Waals surface area contributed by atoms with Crippen LogP contribution in [0, 0.1) is 0 Å². The van der Waals surface area contributed by atoms with Crippen molar-refractivity contribution in [3.63, 3.8) is 0 Å². The number of para-hydroxylation sites is 1. The Morgan fingerprint density at radius 3 is 2.34 bits per heavy atom. The number of nitrogens with one attached hydrogen (secondary N) is 1. The molecule has 0 spiro atoms. The van der Waals surface area contributed by atoms with Gasteiger partial charge in [0.25, 0.3) is 0 Å². The van der Waals surface area contributed by atoms with Gasteiger partial charge >= 0.3 is 17.7 Å². The molecule has 0 aliphatic carbocycles. The average Bonchev–Trinajstić information content (AvgIpc) is 2.88. The van der Waals surface area contributed by atoms with Gasteiger partial charge in [-0.25, -0.2) is 19.1 Å². The number of alkyl halides is 3. The van der Waals surface area contributed by atoms with Crippen molar-refractivity contribution >= 4 is 11.8 Å². The van der Waals surface area contributed by atoms with Crippen molar-refractivity contribution < 1.29 is 22.6 Å². The molecule has 0 amide bonds. The number of benzene rings is 2. The van der Waals surface area contributed by atoms with Gasteiger partial charge in [0.1, 0.15) is 17.3 Å². The van der Waals surface area contributed by atoms with E-state index in [2.05, 4.69) is 20.0 Å². The lowest BCUT2D eigenvalue weighted by Crippen LogP contribution is -2.43. The molecule has 4 rings (SSSR count). The lowest BCUT2D eigenvalue weighted by atomic mass is 10.2. The highest BCUT2D eigenvalue weighted by Gasteiger charge is 2.32. The third kappa shape index (κ3) is 6.30. The largest absolute Gasteiger partial charge is 0.573 e. The molecule has 3 N–H and O–H groups in total. The molecule has 4 aromatic rings. The van der Waals surface area contributed by atoms with Crippen LogP contribution in [0.3, 0.4) is 0 Å². The number of hydrogen-bond donors (Lipinski definition) is 2. The molecule has 10 nitrogen and oxygen atoms in total. The number of rotatable bonds is 9. The number of nitrogen functional groups attached to an aromatic ring is 1. The highest BCUT2D eigenvalue weighted by Crippen LogP contribution is 2.27. The van der Waals surface area contributed by atoms with E-state index in [9.17, 15) is 22.8 Å². The topological polar surface area (TPSA) is 126 Å². The second-order valence-corrected chi connectivity index (χ2v) is 8.08. The van der Waals surface area contributed by atoms with Crippen molar-refractivity contribution in [1.29, 1.82) is 0 Å². The predicted molar refractivity (Wildman–Crippen MR) is 133 cm³/mol. The molecule has 0 saturated heterocycles. The summed E-state index contributed by atoms with van der Waals surface area (Å²) in [5.74, 6) is 0.177. The van der Waals surface area contributed by atoms with Crippen molar-refractivity contribution in [3.8, 4) is 11.5 Å². The van der Waals surface area contributed by atoms with Gasteiger partial charge in [0.15, 0.2) is 0 Å². The zero-order chi connectivity index (χ0) is 27.3. The fourth-order valence-corrected chi connectivity index (χ4v) is 3.66. The minimum absolute atomic E-state index is 0.0484. The smallest absolute Gasteiger partial charge is 0.497 e. The van der Waals surface area contributed by atoms with Crippen LogP contribution in [0.5, 0.6) is 11.5 Å². The highest BCUT2D eigenvalue weighted by molar-refractivity contribution is 5.41. The molecular formula is C25H23F3N6O4. The van der Waals surface area contributed by atoms with Gasteiger partial charge in [-0.1, -0.05) is 36.4 Å². The number of nitrogens with two attached hydrogens (primary N) is 1. The molecule has 38 heavy (non-hydrogen) atoms. The van der Waals surface area contributed by atoms with Crippen LogP contribution < -0.4 is 31.9 Å². The summed E-state index contributed by atoms with van der Waals surface area (Å²) >= 11 is 0. The van der Waals surface area contributed by atoms with Gasteiger partial charge in [-0.15, -0.1) is 13.2 Å². The van der Waals surface area contributed by atoms with Crippen LogP contribution in [0.15, 0.2) is 76.4 Å². The SMILES string of the molecule is COc1ccc(Cn2c(=O)nc(NCc3cccnc3N)n(Cc3ccccc3OC(F)(F)F)c2=O)cc1. The van der Waals surface area contributed by atoms with Crippen LogP contribution in [-0.4, -0.2) is 32.6 Å². The molecule has 0 atom stereocenters. The van der Waals surface area contributed by atoms with Crippen LogP contribution in [0.4, 0.5) is 24.9 Å². The van der Waals surface area contributed by atoms with Crippen molar-refractivity contribution in [2.24, 2.45) is 0 Å². The Balaban J connectivity index is 1.76. The van der Waals surface area contributed by atoms with Crippen LogP contribution in [0.2, 0.25) is 0 Å². The zero-order valence-corrected chi connectivity index (χ0v) is 20.1. The van der Waals surface area contributed by atoms with E-state index in [4.69, 9.17) is 10.5 Å².